The highest BCUT2D eigenvalue weighted by Crippen LogP contribution is 2.36. The van der Waals surface area contributed by atoms with E-state index in [9.17, 15) is 9.90 Å². The Morgan fingerprint density at radius 3 is 2.79 bits per heavy atom. The van der Waals surface area contributed by atoms with E-state index in [-0.39, 0.29) is 11.9 Å². The molecule has 0 aliphatic carbocycles. The Morgan fingerprint density at radius 2 is 2.00 bits per heavy atom. The Hall–Kier alpha value is -1.60. The lowest BCUT2D eigenvalue weighted by atomic mass is 9.75. The molecule has 2 atom stereocenters. The number of aliphatic hydroxyl groups is 1. The van der Waals surface area contributed by atoms with Gasteiger partial charge in [0.05, 0.1) is 5.60 Å². The minimum atomic E-state index is -0.613. The topological polar surface area (TPSA) is 75.7 Å². The summed E-state index contributed by atoms with van der Waals surface area (Å²) in [5.74, 6) is 1.20. The number of piperidine rings is 2. The van der Waals surface area contributed by atoms with Gasteiger partial charge in [0.1, 0.15) is 5.82 Å². The first kappa shape index (κ1) is 19.7. The van der Waals surface area contributed by atoms with E-state index >= 15 is 0 Å². The fourth-order valence-electron chi connectivity index (χ4n) is 5.00. The monoisotopic (exact) mass is 389 g/mol. The third-order valence-corrected chi connectivity index (χ3v) is 6.84. The molecule has 0 aromatic carbocycles. The van der Waals surface area contributed by atoms with Crippen LogP contribution in [-0.4, -0.2) is 80.7 Å². The average molecular weight is 390 g/mol. The van der Waals surface area contributed by atoms with Crippen molar-refractivity contribution in [2.75, 3.05) is 39.3 Å². The lowest BCUT2D eigenvalue weighted by molar-refractivity contribution is -0.108. The second-order valence-corrected chi connectivity index (χ2v) is 8.92. The maximum Gasteiger partial charge on any atom is 0.320 e. The predicted octanol–water partition coefficient (Wildman–Crippen LogP) is 2.23. The molecule has 156 valence electrons. The Kier molecular flexibility index (Phi) is 5.92. The van der Waals surface area contributed by atoms with E-state index < -0.39 is 5.60 Å². The molecule has 3 fully saturated rings. The normalized spacial score (nSPS) is 28.6. The highest BCUT2D eigenvalue weighted by Gasteiger charge is 2.46. The number of rotatable bonds is 5. The molecule has 0 unspecified atom stereocenters. The van der Waals surface area contributed by atoms with Crippen molar-refractivity contribution in [1.29, 1.82) is 0 Å². The number of carbonyl (C=O) groups is 1. The van der Waals surface area contributed by atoms with Crippen molar-refractivity contribution in [3.63, 3.8) is 0 Å². The van der Waals surface area contributed by atoms with E-state index in [0.717, 1.165) is 76.3 Å². The van der Waals surface area contributed by atoms with Crippen LogP contribution in [0.5, 0.6) is 0 Å². The number of aromatic nitrogens is 2. The number of unbranched alkanes of at least 4 members (excludes halogenated alkanes) is 1. The van der Waals surface area contributed by atoms with Crippen LogP contribution in [0.2, 0.25) is 0 Å². The number of hydrogen-bond donors (Lipinski definition) is 2. The molecule has 2 N–H and O–H groups in total. The third-order valence-electron chi connectivity index (χ3n) is 6.84. The summed E-state index contributed by atoms with van der Waals surface area (Å²) in [5, 5.41) is 11.1. The molecule has 0 saturated carbocycles. The molecule has 28 heavy (non-hydrogen) atoms. The molecule has 3 aliphatic rings. The summed E-state index contributed by atoms with van der Waals surface area (Å²) < 4.78 is 0. The summed E-state index contributed by atoms with van der Waals surface area (Å²) in [6, 6.07) is 0.172. The van der Waals surface area contributed by atoms with Gasteiger partial charge >= 0.3 is 6.03 Å². The number of fused-ring (bicyclic) bond motifs is 1. The van der Waals surface area contributed by atoms with Crippen molar-refractivity contribution in [2.45, 2.75) is 64.0 Å². The lowest BCUT2D eigenvalue weighted by Gasteiger charge is -2.50. The van der Waals surface area contributed by atoms with Crippen LogP contribution in [0.4, 0.5) is 4.79 Å². The summed E-state index contributed by atoms with van der Waals surface area (Å²) in [4.78, 5) is 27.1. The molecule has 2 amide bonds. The van der Waals surface area contributed by atoms with E-state index in [0.29, 0.717) is 19.5 Å². The number of aromatic amines is 1. The van der Waals surface area contributed by atoms with Gasteiger partial charge in [-0.15, -0.1) is 0 Å². The number of imidazole rings is 1. The molecule has 3 saturated heterocycles. The number of hydrogen-bond acceptors (Lipinski definition) is 4. The smallest absolute Gasteiger partial charge is 0.320 e. The van der Waals surface area contributed by atoms with Crippen LogP contribution < -0.4 is 0 Å². The number of nitrogens with one attached hydrogen (secondary N) is 1. The quantitative estimate of drug-likeness (QED) is 0.810. The Balaban J connectivity index is 1.35. The van der Waals surface area contributed by atoms with Crippen molar-refractivity contribution in [3.05, 3.63) is 17.7 Å². The van der Waals surface area contributed by atoms with Crippen molar-refractivity contribution >= 4 is 6.03 Å². The molecule has 1 aromatic rings. The van der Waals surface area contributed by atoms with E-state index in [1.807, 2.05) is 16.0 Å². The molecule has 7 nitrogen and oxygen atoms in total. The minimum absolute atomic E-state index is 0.129. The Labute approximate surface area is 168 Å². The van der Waals surface area contributed by atoms with Crippen molar-refractivity contribution in [2.24, 2.45) is 5.92 Å². The van der Waals surface area contributed by atoms with E-state index in [2.05, 4.69) is 21.8 Å². The zero-order valence-corrected chi connectivity index (χ0v) is 17.2. The van der Waals surface area contributed by atoms with Gasteiger partial charge in [-0.3, -0.25) is 4.90 Å². The number of nitrogens with zero attached hydrogens (tertiary/aromatic N) is 4. The molecule has 3 aliphatic heterocycles. The first-order chi connectivity index (χ1) is 13.6. The fraction of sp³-hybridized carbons (Fsp3) is 0.810. The second-order valence-electron chi connectivity index (χ2n) is 8.92. The molecule has 1 aromatic heterocycles. The molecular weight excluding hydrogens is 354 g/mol. The van der Waals surface area contributed by atoms with E-state index in [1.54, 1.807) is 0 Å². The van der Waals surface area contributed by atoms with E-state index in [1.165, 1.54) is 6.42 Å². The number of urea groups is 1. The van der Waals surface area contributed by atoms with Crippen LogP contribution in [0.15, 0.2) is 6.20 Å². The summed E-state index contributed by atoms with van der Waals surface area (Å²) in [6.45, 7) is 7.90. The second kappa shape index (κ2) is 8.41. The Morgan fingerprint density at radius 1 is 1.21 bits per heavy atom. The number of amides is 2. The highest BCUT2D eigenvalue weighted by molar-refractivity contribution is 5.74. The predicted molar refractivity (Wildman–Crippen MR) is 108 cm³/mol. The molecule has 0 radical (unpaired) electrons. The van der Waals surface area contributed by atoms with Crippen LogP contribution >= 0.6 is 0 Å². The summed E-state index contributed by atoms with van der Waals surface area (Å²) >= 11 is 0. The fourth-order valence-corrected chi connectivity index (χ4v) is 5.00. The largest absolute Gasteiger partial charge is 0.389 e. The van der Waals surface area contributed by atoms with Gasteiger partial charge in [-0.1, -0.05) is 13.3 Å². The number of H-pyrrole nitrogens is 1. The van der Waals surface area contributed by atoms with E-state index in [4.69, 9.17) is 0 Å². The SMILES string of the molecule is CCCCc1ncc(CN2CC[C@@]3(O)CCN(C(=O)N4CCCC4)C[C@H]3C2)[nH]1. The van der Waals surface area contributed by atoms with Gasteiger partial charge < -0.3 is 19.9 Å². The molecular formula is C21H35N5O2. The summed E-state index contributed by atoms with van der Waals surface area (Å²) in [5.41, 5.74) is 0.538. The van der Waals surface area contributed by atoms with Crippen LogP contribution in [0.3, 0.4) is 0 Å². The molecule has 0 spiro atoms. The van der Waals surface area contributed by atoms with Crippen LogP contribution in [0.25, 0.3) is 0 Å². The van der Waals surface area contributed by atoms with Crippen molar-refractivity contribution in [1.82, 2.24) is 24.7 Å². The highest BCUT2D eigenvalue weighted by atomic mass is 16.3. The third kappa shape index (κ3) is 4.20. The van der Waals surface area contributed by atoms with Crippen LogP contribution in [0.1, 0.15) is 57.0 Å². The lowest BCUT2D eigenvalue weighted by Crippen LogP contribution is -2.61. The van der Waals surface area contributed by atoms with Crippen molar-refractivity contribution < 1.29 is 9.90 Å². The average Bonchev–Trinajstić information content (AvgIpc) is 3.38. The zero-order valence-electron chi connectivity index (χ0n) is 17.2. The van der Waals surface area contributed by atoms with Crippen LogP contribution in [-0.2, 0) is 13.0 Å². The minimum Gasteiger partial charge on any atom is -0.389 e. The van der Waals surface area contributed by atoms with Gasteiger partial charge in [-0.2, -0.15) is 0 Å². The first-order valence-electron chi connectivity index (χ1n) is 11.1. The molecule has 7 heteroatoms. The van der Waals surface area contributed by atoms with Gasteiger partial charge in [0, 0.05) is 70.0 Å². The standard InChI is InChI=1S/C21H35N5O2/c1-2-3-6-19-22-13-18(23-19)16-24-11-7-21(28)8-12-26(15-17(21)14-24)20(27)25-9-4-5-10-25/h13,17,28H,2-12,14-16H2,1H3,(H,22,23)/t17-,21-/m1/s1. The van der Waals surface area contributed by atoms with Crippen LogP contribution in [0, 0.1) is 5.92 Å². The molecule has 4 rings (SSSR count). The molecule has 0 bridgehead atoms. The van der Waals surface area contributed by atoms with Gasteiger partial charge in [0.25, 0.3) is 0 Å². The van der Waals surface area contributed by atoms with Crippen molar-refractivity contribution in [3.8, 4) is 0 Å². The molecule has 4 heterocycles. The number of carbonyl (C=O) groups excluding carboxylic acids is 1. The maximum absolute atomic E-state index is 12.8. The number of likely N-dealkylation sites (tertiary alicyclic amines) is 3. The van der Waals surface area contributed by atoms with Gasteiger partial charge in [0.2, 0.25) is 0 Å². The first-order valence-corrected chi connectivity index (χ1v) is 11.1. The van der Waals surface area contributed by atoms with Gasteiger partial charge in [-0.05, 0) is 32.1 Å². The summed E-state index contributed by atoms with van der Waals surface area (Å²) in [7, 11) is 0. The van der Waals surface area contributed by atoms with Gasteiger partial charge in [-0.25, -0.2) is 9.78 Å². The van der Waals surface area contributed by atoms with Gasteiger partial charge in [0.15, 0.2) is 0 Å². The summed E-state index contributed by atoms with van der Waals surface area (Å²) in [6.07, 6.45) is 9.02. The number of aryl methyl sites for hydroxylation is 1. The Bertz CT molecular complexity index is 672. The maximum atomic E-state index is 12.8. The zero-order chi connectivity index (χ0) is 19.6.